The molecule has 0 unspecified atom stereocenters. The van der Waals surface area contributed by atoms with Crippen LogP contribution in [-0.2, 0) is 23.0 Å². The fourth-order valence-electron chi connectivity index (χ4n) is 3.15. The lowest BCUT2D eigenvalue weighted by Crippen LogP contribution is -2.30. The lowest BCUT2D eigenvalue weighted by Gasteiger charge is -2.30. The zero-order valence-electron chi connectivity index (χ0n) is 13.9. The summed E-state index contributed by atoms with van der Waals surface area (Å²) in [6, 6.07) is 14.7. The summed E-state index contributed by atoms with van der Waals surface area (Å²) in [6.45, 7) is 1.54. The summed E-state index contributed by atoms with van der Waals surface area (Å²) in [5.74, 6) is -0.765. The number of anilines is 2. The van der Waals surface area contributed by atoms with Crippen LogP contribution >= 0.6 is 11.3 Å². The topological polar surface area (TPSA) is 49.4 Å². The summed E-state index contributed by atoms with van der Waals surface area (Å²) >= 11 is 1.76. The van der Waals surface area contributed by atoms with E-state index >= 15 is 0 Å². The van der Waals surface area contributed by atoms with Gasteiger partial charge in [-0.1, -0.05) is 24.3 Å². The molecule has 2 heterocycles. The van der Waals surface area contributed by atoms with Crippen molar-refractivity contribution in [2.24, 2.45) is 0 Å². The number of rotatable bonds is 4. The summed E-state index contributed by atoms with van der Waals surface area (Å²) in [5, 5.41) is 2.08. The molecule has 0 atom stereocenters. The van der Waals surface area contributed by atoms with Crippen LogP contribution in [0.15, 0.2) is 64.9 Å². The molecule has 0 bridgehead atoms. The molecule has 0 amide bonds. The molecule has 0 saturated heterocycles. The molecule has 1 N–H and O–H groups in total. The maximum Gasteiger partial charge on any atom is 0.264 e. The number of para-hydroxylation sites is 2. The van der Waals surface area contributed by atoms with Crippen molar-refractivity contribution in [2.45, 2.75) is 17.9 Å². The van der Waals surface area contributed by atoms with Gasteiger partial charge in [0, 0.05) is 18.0 Å². The van der Waals surface area contributed by atoms with E-state index in [-0.39, 0.29) is 4.90 Å². The number of hydrogen-bond donors (Lipinski definition) is 1. The van der Waals surface area contributed by atoms with E-state index in [1.807, 2.05) is 12.1 Å². The number of benzene rings is 2. The Morgan fingerprint density at radius 2 is 1.81 bits per heavy atom. The van der Waals surface area contributed by atoms with Crippen molar-refractivity contribution < 1.29 is 12.8 Å². The molecule has 1 aromatic heterocycles. The van der Waals surface area contributed by atoms with E-state index in [2.05, 4.69) is 21.1 Å². The predicted molar refractivity (Wildman–Crippen MR) is 103 cm³/mol. The van der Waals surface area contributed by atoms with Gasteiger partial charge in [-0.15, -0.1) is 11.3 Å². The van der Waals surface area contributed by atoms with Crippen LogP contribution in [0, 0.1) is 5.82 Å². The van der Waals surface area contributed by atoms with Gasteiger partial charge in [-0.3, -0.25) is 4.72 Å². The molecule has 2 aromatic carbocycles. The SMILES string of the molecule is O=S(=O)(Nc1ccccc1N1CCc2sccc2C1)c1ccccc1F. The van der Waals surface area contributed by atoms with Gasteiger partial charge < -0.3 is 4.90 Å². The number of hydrogen-bond acceptors (Lipinski definition) is 4. The van der Waals surface area contributed by atoms with Crippen molar-refractivity contribution >= 4 is 32.7 Å². The zero-order chi connectivity index (χ0) is 18.1. The first-order valence-corrected chi connectivity index (χ1v) is 10.6. The van der Waals surface area contributed by atoms with Gasteiger partial charge in [-0.25, -0.2) is 12.8 Å². The van der Waals surface area contributed by atoms with Gasteiger partial charge in [0.25, 0.3) is 10.0 Å². The second-order valence-corrected chi connectivity index (χ2v) is 8.75. The van der Waals surface area contributed by atoms with Crippen molar-refractivity contribution in [3.05, 3.63) is 76.2 Å². The number of thiophene rings is 1. The average molecular weight is 388 g/mol. The summed E-state index contributed by atoms with van der Waals surface area (Å²) < 4.78 is 41.8. The average Bonchev–Trinajstić information content (AvgIpc) is 3.10. The van der Waals surface area contributed by atoms with Crippen LogP contribution < -0.4 is 9.62 Å². The summed E-state index contributed by atoms with van der Waals surface area (Å²) in [4.78, 5) is 3.17. The third kappa shape index (κ3) is 3.20. The minimum atomic E-state index is -4.00. The predicted octanol–water partition coefficient (Wildman–Crippen LogP) is 4.25. The molecule has 4 nitrogen and oxygen atoms in total. The first-order valence-electron chi connectivity index (χ1n) is 8.21. The van der Waals surface area contributed by atoms with Crippen LogP contribution in [0.4, 0.5) is 15.8 Å². The summed E-state index contributed by atoms with van der Waals surface area (Å²) in [6.07, 6.45) is 0.932. The highest BCUT2D eigenvalue weighted by atomic mass is 32.2. The van der Waals surface area contributed by atoms with Crippen LogP contribution in [0.3, 0.4) is 0 Å². The van der Waals surface area contributed by atoms with E-state index in [4.69, 9.17) is 0 Å². The van der Waals surface area contributed by atoms with Crippen molar-refractivity contribution in [3.8, 4) is 0 Å². The molecule has 0 spiro atoms. The smallest absolute Gasteiger partial charge is 0.264 e. The quantitative estimate of drug-likeness (QED) is 0.727. The van der Waals surface area contributed by atoms with E-state index in [1.54, 1.807) is 23.5 Å². The molecule has 3 aromatic rings. The fourth-order valence-corrected chi connectivity index (χ4v) is 5.20. The standard InChI is InChI=1S/C19H17FN2O2S2/c20-15-5-1-4-8-19(15)26(23,24)21-16-6-2-3-7-17(16)22-11-9-18-14(13-22)10-12-25-18/h1-8,10,12,21H,9,11,13H2. The summed E-state index contributed by atoms with van der Waals surface area (Å²) in [5.41, 5.74) is 2.52. The highest BCUT2D eigenvalue weighted by molar-refractivity contribution is 7.92. The van der Waals surface area contributed by atoms with Gasteiger partial charge in [0.15, 0.2) is 0 Å². The normalized spacial score (nSPS) is 14.1. The maximum absolute atomic E-state index is 13.9. The van der Waals surface area contributed by atoms with Crippen LogP contribution in [0.5, 0.6) is 0 Å². The number of fused-ring (bicyclic) bond motifs is 1. The Hall–Kier alpha value is -2.38. The Kier molecular flexibility index (Phi) is 4.42. The first-order chi connectivity index (χ1) is 12.5. The van der Waals surface area contributed by atoms with Crippen molar-refractivity contribution in [1.82, 2.24) is 0 Å². The second kappa shape index (κ2) is 6.74. The van der Waals surface area contributed by atoms with E-state index < -0.39 is 15.8 Å². The van der Waals surface area contributed by atoms with E-state index in [0.717, 1.165) is 31.3 Å². The van der Waals surface area contributed by atoms with E-state index in [9.17, 15) is 12.8 Å². The molecule has 134 valence electrons. The first kappa shape index (κ1) is 17.1. The van der Waals surface area contributed by atoms with Crippen molar-refractivity contribution in [2.75, 3.05) is 16.2 Å². The molecule has 1 aliphatic heterocycles. The molecular weight excluding hydrogens is 371 g/mol. The maximum atomic E-state index is 13.9. The Morgan fingerprint density at radius 3 is 2.65 bits per heavy atom. The minimum Gasteiger partial charge on any atom is -0.365 e. The third-order valence-corrected chi connectivity index (χ3v) is 6.84. The van der Waals surface area contributed by atoms with Gasteiger partial charge in [-0.2, -0.15) is 0 Å². The monoisotopic (exact) mass is 388 g/mol. The Bertz CT molecular complexity index is 1050. The molecule has 1 aliphatic rings. The van der Waals surface area contributed by atoms with Crippen molar-refractivity contribution in [1.29, 1.82) is 0 Å². The highest BCUT2D eigenvalue weighted by Gasteiger charge is 2.23. The van der Waals surface area contributed by atoms with E-state index in [0.29, 0.717) is 5.69 Å². The van der Waals surface area contributed by atoms with Crippen LogP contribution in [-0.4, -0.2) is 15.0 Å². The highest BCUT2D eigenvalue weighted by Crippen LogP contribution is 2.33. The van der Waals surface area contributed by atoms with Gasteiger partial charge in [0.2, 0.25) is 0 Å². The second-order valence-electron chi connectivity index (χ2n) is 6.09. The fraction of sp³-hybridized carbons (Fsp3) is 0.158. The Labute approximate surface area is 156 Å². The number of nitrogens with one attached hydrogen (secondary N) is 1. The molecule has 0 fully saturated rings. The largest absolute Gasteiger partial charge is 0.365 e. The molecule has 26 heavy (non-hydrogen) atoms. The molecule has 0 aliphatic carbocycles. The van der Waals surface area contributed by atoms with Crippen LogP contribution in [0.25, 0.3) is 0 Å². The lowest BCUT2D eigenvalue weighted by atomic mass is 10.1. The van der Waals surface area contributed by atoms with Gasteiger partial charge >= 0.3 is 0 Å². The molecule has 0 radical (unpaired) electrons. The third-order valence-electron chi connectivity index (χ3n) is 4.42. The zero-order valence-corrected chi connectivity index (χ0v) is 15.5. The number of nitrogens with zero attached hydrogens (tertiary/aromatic N) is 1. The Balaban J connectivity index is 1.66. The van der Waals surface area contributed by atoms with E-state index in [1.165, 1.54) is 28.6 Å². The van der Waals surface area contributed by atoms with Gasteiger partial charge in [0.1, 0.15) is 10.7 Å². The minimum absolute atomic E-state index is 0.353. The summed E-state index contributed by atoms with van der Waals surface area (Å²) in [7, 11) is -4.00. The molecule has 4 rings (SSSR count). The number of halogens is 1. The molecule has 0 saturated carbocycles. The van der Waals surface area contributed by atoms with Crippen LogP contribution in [0.2, 0.25) is 0 Å². The lowest BCUT2D eigenvalue weighted by molar-refractivity contribution is 0.570. The number of sulfonamides is 1. The van der Waals surface area contributed by atoms with Crippen LogP contribution in [0.1, 0.15) is 10.4 Å². The molecule has 7 heteroatoms. The Morgan fingerprint density at radius 1 is 1.04 bits per heavy atom. The molecular formula is C19H17FN2O2S2. The van der Waals surface area contributed by atoms with Gasteiger partial charge in [0.05, 0.1) is 11.4 Å². The van der Waals surface area contributed by atoms with Crippen molar-refractivity contribution in [3.63, 3.8) is 0 Å². The van der Waals surface area contributed by atoms with Gasteiger partial charge in [-0.05, 0) is 47.7 Å².